The molecule has 6 heterocycles. The predicted molar refractivity (Wildman–Crippen MR) is 466 cm³/mol. The van der Waals surface area contributed by atoms with Gasteiger partial charge in [0.15, 0.2) is 0 Å². The molecule has 0 radical (unpaired) electrons. The van der Waals surface area contributed by atoms with Crippen LogP contribution in [0.1, 0.15) is 112 Å². The third-order valence-electron chi connectivity index (χ3n) is 23.7. The van der Waals surface area contributed by atoms with Crippen molar-refractivity contribution in [2.75, 3.05) is 9.80 Å². The number of nitrogens with zero attached hydrogens (tertiary/aromatic N) is 4. The fourth-order valence-electron chi connectivity index (χ4n) is 18.1. The molecule has 520 valence electrons. The normalized spacial score (nSPS) is 14.8. The topological polar surface area (TPSA) is 16.3 Å². The molecule has 4 nitrogen and oxygen atoms in total. The van der Waals surface area contributed by atoms with Crippen molar-refractivity contribution in [2.24, 2.45) is 5.41 Å². The number of aromatic nitrogens is 2. The van der Waals surface area contributed by atoms with Gasteiger partial charge >= 0.3 is 0 Å². The number of benzene rings is 13. The van der Waals surface area contributed by atoms with Gasteiger partial charge in [-0.05, 0) is 210 Å². The molecule has 1 aliphatic carbocycles. The van der Waals surface area contributed by atoms with Crippen LogP contribution in [0.15, 0.2) is 285 Å². The van der Waals surface area contributed by atoms with E-state index in [0.717, 1.165) is 29.2 Å². The van der Waals surface area contributed by atoms with Gasteiger partial charge in [-0.3, -0.25) is 0 Å². The van der Waals surface area contributed by atoms with Crippen LogP contribution in [-0.4, -0.2) is 21.9 Å². The highest BCUT2D eigenvalue weighted by atomic mass is 32.1. The monoisotopic (exact) mass is 1420 g/mol. The standard InChI is InChI=1S/C100H85BN4S2/c1-97(2,3)64-36-44-82(73(54-64)60-25-15-13-16-26-60)104-86-58-68(102-80-32-22-19-29-70(80)71-30-20-23-33-81(71)102)40-42-78(86)101-79-43-41-69(103-84-46-38-66(99(7,8)9)56-75(84)76-57-67(100(10,11)12)39-47-85(76)103)59-87(79)105(83-45-37-65(98(4,5)6)55-74(83)61-27-17-14-18-28-61)89-53-63(52-88(104)96(89)101)62-35-48-91-77(51-62)95-93(107-91)50-49-92-94(95)72-31-21-24-34-90(72)106-92/h13-43,45-59,82H,44H2,1-12H3. The lowest BCUT2D eigenvalue weighted by atomic mass is 9.33. The van der Waals surface area contributed by atoms with Gasteiger partial charge in [0, 0.05) is 102 Å². The first-order chi connectivity index (χ1) is 51.6. The summed E-state index contributed by atoms with van der Waals surface area (Å²) in [5.74, 6) is 0. The maximum Gasteiger partial charge on any atom is 0.252 e. The van der Waals surface area contributed by atoms with E-state index in [1.165, 1.54) is 173 Å². The molecular weight excluding hydrogens is 1330 g/mol. The third kappa shape index (κ3) is 10.3. The lowest BCUT2D eigenvalue weighted by molar-refractivity contribution is 0.511. The Hall–Kier alpha value is -11.0. The summed E-state index contributed by atoms with van der Waals surface area (Å²) < 4.78 is 10.4. The highest BCUT2D eigenvalue weighted by molar-refractivity contribution is 7.28. The summed E-state index contributed by atoms with van der Waals surface area (Å²) in [6, 6.07) is 104. The van der Waals surface area contributed by atoms with Crippen LogP contribution in [0.5, 0.6) is 0 Å². The first-order valence-corrected chi connectivity index (χ1v) is 39.8. The van der Waals surface area contributed by atoms with E-state index in [1.54, 1.807) is 0 Å². The molecule has 0 spiro atoms. The first kappa shape index (κ1) is 65.6. The van der Waals surface area contributed by atoms with E-state index < -0.39 is 0 Å². The second-order valence-electron chi connectivity index (χ2n) is 34.4. The average molecular weight is 1420 g/mol. The lowest BCUT2D eigenvalue weighted by Gasteiger charge is -2.48. The number of allylic oxidation sites excluding steroid dienone is 2. The summed E-state index contributed by atoms with van der Waals surface area (Å²) in [6.45, 7) is 28.0. The van der Waals surface area contributed by atoms with Gasteiger partial charge in [0.05, 0.1) is 33.8 Å². The number of hydrogen-bond donors (Lipinski definition) is 0. The molecule has 0 bridgehead atoms. The summed E-state index contributed by atoms with van der Waals surface area (Å²) in [4.78, 5) is 5.55. The van der Waals surface area contributed by atoms with Crippen molar-refractivity contribution in [3.05, 3.63) is 307 Å². The molecule has 13 aromatic carbocycles. The Balaban J connectivity index is 0.934. The molecule has 2 aliphatic heterocycles. The summed E-state index contributed by atoms with van der Waals surface area (Å²) in [5, 5.41) is 10.4. The fourth-order valence-corrected chi connectivity index (χ4v) is 20.3. The van der Waals surface area contributed by atoms with E-state index in [4.69, 9.17) is 0 Å². The number of anilines is 5. The second-order valence-corrected chi connectivity index (χ2v) is 36.6. The Morgan fingerprint density at radius 3 is 1.44 bits per heavy atom. The van der Waals surface area contributed by atoms with Crippen molar-refractivity contribution in [3.8, 4) is 33.6 Å². The fraction of sp³-hybridized carbons (Fsp3) is 0.180. The summed E-state index contributed by atoms with van der Waals surface area (Å²) in [5.41, 5.74) is 29.1. The Morgan fingerprint density at radius 2 is 0.832 bits per heavy atom. The lowest BCUT2D eigenvalue weighted by Crippen LogP contribution is -2.63. The van der Waals surface area contributed by atoms with Gasteiger partial charge in [-0.1, -0.05) is 247 Å². The maximum absolute atomic E-state index is 2.83. The van der Waals surface area contributed by atoms with Crippen LogP contribution in [0.25, 0.3) is 123 Å². The van der Waals surface area contributed by atoms with E-state index in [2.05, 4.69) is 381 Å². The van der Waals surface area contributed by atoms with Gasteiger partial charge in [-0.2, -0.15) is 0 Å². The van der Waals surface area contributed by atoms with E-state index in [0.29, 0.717) is 0 Å². The largest absolute Gasteiger partial charge is 0.334 e. The highest BCUT2D eigenvalue weighted by Crippen LogP contribution is 2.53. The van der Waals surface area contributed by atoms with Crippen molar-refractivity contribution in [3.63, 3.8) is 0 Å². The molecule has 1 unspecified atom stereocenters. The molecule has 17 aromatic rings. The third-order valence-corrected chi connectivity index (χ3v) is 26.0. The summed E-state index contributed by atoms with van der Waals surface area (Å²) in [7, 11) is 0. The maximum atomic E-state index is 2.83. The van der Waals surface area contributed by atoms with Crippen LogP contribution in [0.4, 0.5) is 28.4 Å². The molecule has 0 fully saturated rings. The summed E-state index contributed by atoms with van der Waals surface area (Å²) in [6.07, 6.45) is 5.92. The van der Waals surface area contributed by atoms with Gasteiger partial charge in [-0.15, -0.1) is 22.7 Å². The molecular formula is C100H85BN4S2. The number of para-hydroxylation sites is 2. The zero-order chi connectivity index (χ0) is 72.9. The van der Waals surface area contributed by atoms with Gasteiger partial charge < -0.3 is 18.9 Å². The van der Waals surface area contributed by atoms with Crippen molar-refractivity contribution >= 4 is 164 Å². The van der Waals surface area contributed by atoms with Gasteiger partial charge in [0.25, 0.3) is 6.71 Å². The number of fused-ring (bicyclic) bond motifs is 17. The molecule has 7 heteroatoms. The minimum atomic E-state index is -0.194. The quantitative estimate of drug-likeness (QED) is 0.148. The van der Waals surface area contributed by atoms with Crippen LogP contribution in [0.2, 0.25) is 0 Å². The molecule has 0 amide bonds. The number of rotatable bonds is 7. The van der Waals surface area contributed by atoms with Crippen molar-refractivity contribution in [2.45, 2.75) is 112 Å². The molecule has 107 heavy (non-hydrogen) atoms. The molecule has 3 aliphatic rings. The van der Waals surface area contributed by atoms with Crippen molar-refractivity contribution in [1.29, 1.82) is 0 Å². The van der Waals surface area contributed by atoms with E-state index in [-0.39, 0.29) is 34.4 Å². The second kappa shape index (κ2) is 23.8. The van der Waals surface area contributed by atoms with Gasteiger partial charge in [0.1, 0.15) is 0 Å². The molecule has 1 atom stereocenters. The molecule has 4 aromatic heterocycles. The van der Waals surface area contributed by atoms with E-state index in [1.807, 2.05) is 22.7 Å². The average Bonchev–Trinajstić information content (AvgIpc) is 1.25. The zero-order valence-electron chi connectivity index (χ0n) is 63.0. The van der Waals surface area contributed by atoms with E-state index in [9.17, 15) is 0 Å². The molecule has 0 saturated carbocycles. The number of hydrogen-bond acceptors (Lipinski definition) is 4. The Kier molecular flexibility index (Phi) is 14.6. The Bertz CT molecular complexity index is 6540. The first-order valence-electron chi connectivity index (χ1n) is 38.2. The Labute approximate surface area is 635 Å². The zero-order valence-corrected chi connectivity index (χ0v) is 64.7. The van der Waals surface area contributed by atoms with Crippen LogP contribution in [0.3, 0.4) is 0 Å². The Morgan fingerprint density at radius 1 is 0.336 bits per heavy atom. The van der Waals surface area contributed by atoms with Crippen LogP contribution < -0.4 is 26.2 Å². The minimum Gasteiger partial charge on any atom is -0.334 e. The molecule has 0 N–H and O–H groups in total. The van der Waals surface area contributed by atoms with Crippen LogP contribution in [-0.2, 0) is 16.2 Å². The minimum absolute atomic E-state index is 0.0478. The molecule has 20 rings (SSSR count). The summed E-state index contributed by atoms with van der Waals surface area (Å²) >= 11 is 3.82. The smallest absolute Gasteiger partial charge is 0.252 e. The highest BCUT2D eigenvalue weighted by Gasteiger charge is 2.47. The van der Waals surface area contributed by atoms with Crippen LogP contribution >= 0.6 is 22.7 Å². The van der Waals surface area contributed by atoms with Crippen LogP contribution in [0, 0.1) is 5.41 Å². The predicted octanol–water partition coefficient (Wildman–Crippen LogP) is 26.4. The van der Waals surface area contributed by atoms with E-state index >= 15 is 0 Å². The SMILES string of the molecule is CC(C)(C)C1=CCC(N2c3cc(-n4c5ccccc5c5ccccc54)ccc3B3c4ccc(-n5c6ccc(C(C)(C)C)cc6c6cc(C(C)(C)C)ccc65)cc4N(c4ccc(C(C)(C)C)cc4-c4ccccc4)c4cc(-c5ccc6sc7ccc8sc9ccccc9c8c7c6c5)cc2c43)C(c2ccccc2)=C1. The van der Waals surface area contributed by atoms with Crippen molar-refractivity contribution in [1.82, 2.24) is 9.13 Å². The van der Waals surface area contributed by atoms with Gasteiger partial charge in [-0.25, -0.2) is 0 Å². The van der Waals surface area contributed by atoms with Gasteiger partial charge in [0.2, 0.25) is 0 Å². The molecule has 0 saturated heterocycles. The number of thiophene rings is 2. The van der Waals surface area contributed by atoms with Crippen molar-refractivity contribution < 1.29 is 0 Å².